The zero-order chi connectivity index (χ0) is 20.9. The number of aromatic nitrogens is 1. The quantitative estimate of drug-likeness (QED) is 0.466. The molecule has 0 bridgehead atoms. The molecule has 3 aromatic rings. The van der Waals surface area contributed by atoms with Crippen molar-refractivity contribution in [3.05, 3.63) is 90.3 Å². The molecule has 0 fully saturated rings. The third-order valence-electron chi connectivity index (χ3n) is 5.20. The lowest BCUT2D eigenvalue weighted by Gasteiger charge is -2.43. The van der Waals surface area contributed by atoms with Crippen LogP contribution in [0.25, 0.3) is 0 Å². The molecule has 29 heavy (non-hydrogen) atoms. The summed E-state index contributed by atoms with van der Waals surface area (Å²) in [4.78, 5) is 4.67. The Hall–Kier alpha value is -2.34. The molecule has 2 N–H and O–H groups in total. The second-order valence-corrected chi connectivity index (χ2v) is 12.9. The van der Waals surface area contributed by atoms with Crippen LogP contribution in [0.2, 0.25) is 5.04 Å². The Morgan fingerprint density at radius 2 is 1.48 bits per heavy atom. The molecule has 0 unspecified atom stereocenters. The van der Waals surface area contributed by atoms with E-state index in [0.29, 0.717) is 17.3 Å². The Morgan fingerprint density at radius 1 is 0.931 bits per heavy atom. The van der Waals surface area contributed by atoms with Crippen LogP contribution >= 0.6 is 12.2 Å². The third-order valence-corrected chi connectivity index (χ3v) is 10.5. The monoisotopic (exact) mass is 420 g/mol. The number of nitrogens with zero attached hydrogens (tertiary/aromatic N) is 1. The summed E-state index contributed by atoms with van der Waals surface area (Å²) in [6.07, 6.45) is 2.62. The highest BCUT2D eigenvalue weighted by Crippen LogP contribution is 2.36. The first-order valence-electron chi connectivity index (χ1n) is 9.84. The van der Waals surface area contributed by atoms with Gasteiger partial charge in [-0.2, -0.15) is 0 Å². The van der Waals surface area contributed by atoms with Gasteiger partial charge in [0.1, 0.15) is 4.99 Å². The molecule has 0 spiro atoms. The molecule has 0 radical (unpaired) electrons. The maximum absolute atomic E-state index is 6.91. The number of nitrogens with two attached hydrogens (primary N) is 1. The van der Waals surface area contributed by atoms with Crippen LogP contribution in [0, 0.1) is 0 Å². The molecule has 1 aromatic heterocycles. The van der Waals surface area contributed by atoms with Gasteiger partial charge in [0.15, 0.2) is 0 Å². The van der Waals surface area contributed by atoms with Crippen LogP contribution in [0.5, 0.6) is 0 Å². The standard InChI is InChI=1S/C24H28N2OSSi/c1-24(2,3)29(20-10-6-4-7-11-20,21-12-8-5-9-13-21)27-17-16-19-14-15-22(23(25)28)26-18-19/h4-15,18H,16-17H2,1-3H3,(H2,25,28). The van der Waals surface area contributed by atoms with Crippen molar-refractivity contribution in [2.75, 3.05) is 6.61 Å². The first-order chi connectivity index (χ1) is 13.8. The molecule has 0 saturated heterocycles. The molecule has 150 valence electrons. The van der Waals surface area contributed by atoms with Gasteiger partial charge in [-0.15, -0.1) is 0 Å². The smallest absolute Gasteiger partial charge is 0.261 e. The lowest BCUT2D eigenvalue weighted by molar-refractivity contribution is 0.301. The largest absolute Gasteiger partial charge is 0.407 e. The van der Waals surface area contributed by atoms with Crippen LogP contribution in [0.4, 0.5) is 0 Å². The lowest BCUT2D eigenvalue weighted by Crippen LogP contribution is -2.66. The minimum atomic E-state index is -2.49. The number of benzene rings is 2. The molecule has 0 amide bonds. The Bertz CT molecular complexity index is 899. The fourth-order valence-electron chi connectivity index (χ4n) is 3.80. The Kier molecular flexibility index (Phi) is 6.62. The number of hydrogen-bond acceptors (Lipinski definition) is 3. The zero-order valence-electron chi connectivity index (χ0n) is 17.3. The van der Waals surface area contributed by atoms with Crippen molar-refractivity contribution in [3.63, 3.8) is 0 Å². The first kappa shape index (κ1) is 21.4. The molecule has 3 rings (SSSR count). The predicted molar refractivity (Wildman–Crippen MR) is 127 cm³/mol. The molecule has 5 heteroatoms. The zero-order valence-corrected chi connectivity index (χ0v) is 19.1. The first-order valence-corrected chi connectivity index (χ1v) is 12.2. The van der Waals surface area contributed by atoms with Crippen LogP contribution in [0.3, 0.4) is 0 Å². The van der Waals surface area contributed by atoms with Gasteiger partial charge in [-0.1, -0.05) is 99.7 Å². The molecule has 1 heterocycles. The van der Waals surface area contributed by atoms with E-state index in [9.17, 15) is 0 Å². The summed E-state index contributed by atoms with van der Waals surface area (Å²) in [5, 5.41) is 2.56. The maximum atomic E-state index is 6.91. The third kappa shape index (κ3) is 4.64. The molecule has 0 atom stereocenters. The predicted octanol–water partition coefficient (Wildman–Crippen LogP) is 3.83. The van der Waals surface area contributed by atoms with Crippen LogP contribution < -0.4 is 16.1 Å². The van der Waals surface area contributed by atoms with E-state index in [-0.39, 0.29) is 5.04 Å². The van der Waals surface area contributed by atoms with Gasteiger partial charge < -0.3 is 10.2 Å². The van der Waals surface area contributed by atoms with Gasteiger partial charge in [-0.05, 0) is 33.5 Å². The highest BCUT2D eigenvalue weighted by atomic mass is 32.1. The SMILES string of the molecule is CC(C)(C)[Si](OCCc1ccc(C(N)=S)nc1)(c1ccccc1)c1ccccc1. The van der Waals surface area contributed by atoms with Crippen molar-refractivity contribution in [1.29, 1.82) is 0 Å². The van der Waals surface area contributed by atoms with Gasteiger partial charge in [-0.25, -0.2) is 0 Å². The summed E-state index contributed by atoms with van der Waals surface area (Å²) in [5.74, 6) is 0. The molecule has 0 aliphatic rings. The summed E-state index contributed by atoms with van der Waals surface area (Å²) in [7, 11) is -2.49. The molecular weight excluding hydrogens is 392 g/mol. The summed E-state index contributed by atoms with van der Waals surface area (Å²) >= 11 is 4.99. The van der Waals surface area contributed by atoms with Crippen molar-refractivity contribution in [3.8, 4) is 0 Å². The second kappa shape index (κ2) is 8.99. The number of hydrogen-bond donors (Lipinski definition) is 1. The average molecular weight is 421 g/mol. The van der Waals surface area contributed by atoms with E-state index in [4.69, 9.17) is 22.4 Å². The van der Waals surface area contributed by atoms with Crippen LogP contribution in [0.1, 0.15) is 32.0 Å². The van der Waals surface area contributed by atoms with Gasteiger partial charge >= 0.3 is 0 Å². The summed E-state index contributed by atoms with van der Waals surface area (Å²) in [6.45, 7) is 7.49. The Labute approximate surface area is 180 Å². The average Bonchev–Trinajstić information content (AvgIpc) is 2.72. The van der Waals surface area contributed by atoms with Gasteiger partial charge in [0, 0.05) is 12.8 Å². The summed E-state index contributed by atoms with van der Waals surface area (Å²) in [5.41, 5.74) is 7.41. The van der Waals surface area contributed by atoms with E-state index < -0.39 is 8.32 Å². The van der Waals surface area contributed by atoms with E-state index in [1.165, 1.54) is 10.4 Å². The van der Waals surface area contributed by atoms with Crippen molar-refractivity contribution in [2.45, 2.75) is 32.2 Å². The number of thiocarbonyl (C=S) groups is 1. The van der Waals surface area contributed by atoms with Crippen molar-refractivity contribution in [1.82, 2.24) is 4.98 Å². The highest BCUT2D eigenvalue weighted by Gasteiger charge is 2.49. The maximum Gasteiger partial charge on any atom is 0.261 e. The molecule has 0 saturated carbocycles. The van der Waals surface area contributed by atoms with E-state index in [1.807, 2.05) is 18.3 Å². The summed E-state index contributed by atoms with van der Waals surface area (Å²) in [6, 6.07) is 25.3. The topological polar surface area (TPSA) is 48.1 Å². The normalized spacial score (nSPS) is 12.0. The van der Waals surface area contributed by atoms with E-state index in [2.05, 4.69) is 86.4 Å². The van der Waals surface area contributed by atoms with Gasteiger partial charge in [0.2, 0.25) is 0 Å². The second-order valence-electron chi connectivity index (χ2n) is 8.18. The highest BCUT2D eigenvalue weighted by molar-refractivity contribution is 7.80. The van der Waals surface area contributed by atoms with Gasteiger partial charge in [-0.3, -0.25) is 4.98 Å². The van der Waals surface area contributed by atoms with E-state index in [0.717, 1.165) is 12.0 Å². The van der Waals surface area contributed by atoms with Crippen LogP contribution in [-0.4, -0.2) is 24.9 Å². The fraction of sp³-hybridized carbons (Fsp3) is 0.250. The molecule has 0 aliphatic heterocycles. The van der Waals surface area contributed by atoms with Crippen molar-refractivity contribution >= 4 is 35.9 Å². The number of rotatable bonds is 7. The lowest BCUT2D eigenvalue weighted by atomic mass is 10.2. The molecule has 3 nitrogen and oxygen atoms in total. The minimum Gasteiger partial charge on any atom is -0.407 e. The fourth-order valence-corrected chi connectivity index (χ4v) is 8.49. The van der Waals surface area contributed by atoms with Crippen LogP contribution in [-0.2, 0) is 10.8 Å². The Balaban J connectivity index is 1.92. The Morgan fingerprint density at radius 3 is 1.90 bits per heavy atom. The molecule has 2 aromatic carbocycles. The molecular formula is C24H28N2OSSi. The van der Waals surface area contributed by atoms with Gasteiger partial charge in [0.25, 0.3) is 8.32 Å². The summed E-state index contributed by atoms with van der Waals surface area (Å²) < 4.78 is 6.91. The van der Waals surface area contributed by atoms with Crippen molar-refractivity contribution < 1.29 is 4.43 Å². The van der Waals surface area contributed by atoms with Gasteiger partial charge in [0.05, 0.1) is 5.69 Å². The van der Waals surface area contributed by atoms with Crippen LogP contribution in [0.15, 0.2) is 79.0 Å². The molecule has 0 aliphatic carbocycles. The van der Waals surface area contributed by atoms with E-state index in [1.54, 1.807) is 0 Å². The number of pyridine rings is 1. The van der Waals surface area contributed by atoms with Crippen molar-refractivity contribution in [2.24, 2.45) is 5.73 Å². The minimum absolute atomic E-state index is 0.0243. The van der Waals surface area contributed by atoms with E-state index >= 15 is 0 Å².